The molecule has 0 atom stereocenters. The molecule has 2 heterocycles. The number of aliphatic imine (C=N–C) groups is 1. The number of aryl methyl sites for hydroxylation is 1. The molecule has 0 aromatic carbocycles. The molecule has 1 aromatic rings. The van der Waals surface area contributed by atoms with Crippen LogP contribution in [0.25, 0.3) is 0 Å². The standard InChI is InChI=1S/C22H39N5O2S.HI/c1-7-23-20(24-12-9-19-16-30-17(3)25-19)27-13-10-18(11-14-27)15-26(8-2)21(28)29-22(4,5)6;/h16,18H,7-15H2,1-6H3,(H,23,24);1H. The molecule has 1 aliphatic heterocycles. The van der Waals surface area contributed by atoms with E-state index in [0.717, 1.165) is 68.6 Å². The molecule has 0 aliphatic carbocycles. The van der Waals surface area contributed by atoms with Gasteiger partial charge in [0.25, 0.3) is 0 Å². The molecule has 1 fully saturated rings. The molecule has 0 spiro atoms. The fourth-order valence-corrected chi connectivity index (χ4v) is 4.17. The fourth-order valence-electron chi connectivity index (χ4n) is 3.52. The highest BCUT2D eigenvalue weighted by atomic mass is 127. The maximum atomic E-state index is 12.4. The van der Waals surface area contributed by atoms with Gasteiger partial charge in [-0.25, -0.2) is 9.78 Å². The molecular formula is C22H40IN5O2S. The number of hydrogen-bond donors (Lipinski definition) is 1. The molecule has 0 bridgehead atoms. The van der Waals surface area contributed by atoms with Gasteiger partial charge in [-0.15, -0.1) is 35.3 Å². The SMILES string of the molecule is CCNC(=NCCc1csc(C)n1)N1CCC(CN(CC)C(=O)OC(C)(C)C)CC1.I. The normalized spacial score (nSPS) is 15.4. The predicted octanol–water partition coefficient (Wildman–Crippen LogP) is 4.55. The second kappa shape index (κ2) is 13.4. The van der Waals surface area contributed by atoms with Crippen molar-refractivity contribution in [2.75, 3.05) is 39.3 Å². The minimum atomic E-state index is -0.456. The van der Waals surface area contributed by atoms with Crippen molar-refractivity contribution in [1.29, 1.82) is 0 Å². The summed E-state index contributed by atoms with van der Waals surface area (Å²) in [5.74, 6) is 1.48. The Kier molecular flexibility index (Phi) is 12.1. The van der Waals surface area contributed by atoms with Gasteiger partial charge in [-0.1, -0.05) is 0 Å². The maximum absolute atomic E-state index is 12.4. The van der Waals surface area contributed by atoms with Crippen LogP contribution in [0.4, 0.5) is 4.79 Å². The van der Waals surface area contributed by atoms with Crippen molar-refractivity contribution < 1.29 is 9.53 Å². The second-order valence-corrected chi connectivity index (χ2v) is 9.86. The number of carbonyl (C=O) groups excluding carboxylic acids is 1. The minimum Gasteiger partial charge on any atom is -0.444 e. The van der Waals surface area contributed by atoms with Gasteiger partial charge >= 0.3 is 6.09 Å². The third kappa shape index (κ3) is 9.93. The average Bonchev–Trinajstić information content (AvgIpc) is 3.09. The van der Waals surface area contributed by atoms with Crippen LogP contribution in [-0.2, 0) is 11.2 Å². The lowest BCUT2D eigenvalue weighted by atomic mass is 9.96. The van der Waals surface area contributed by atoms with Gasteiger partial charge in [0.2, 0.25) is 0 Å². The minimum absolute atomic E-state index is 0. The van der Waals surface area contributed by atoms with Gasteiger partial charge in [0, 0.05) is 51.1 Å². The molecule has 9 heteroatoms. The number of halogens is 1. The Hall–Kier alpha value is -1.10. The average molecular weight is 566 g/mol. The van der Waals surface area contributed by atoms with E-state index in [0.29, 0.717) is 12.5 Å². The van der Waals surface area contributed by atoms with Crippen LogP contribution in [0.3, 0.4) is 0 Å². The van der Waals surface area contributed by atoms with Gasteiger partial charge in [0.15, 0.2) is 5.96 Å². The number of aromatic nitrogens is 1. The first-order chi connectivity index (χ1) is 14.2. The molecule has 1 amide bonds. The van der Waals surface area contributed by atoms with Crippen LogP contribution < -0.4 is 5.32 Å². The summed E-state index contributed by atoms with van der Waals surface area (Å²) < 4.78 is 5.55. The van der Waals surface area contributed by atoms with Crippen molar-refractivity contribution >= 4 is 47.4 Å². The molecule has 0 saturated carbocycles. The number of amides is 1. The summed E-state index contributed by atoms with van der Waals surface area (Å²) in [4.78, 5) is 25.9. The van der Waals surface area contributed by atoms with Crippen molar-refractivity contribution in [2.45, 2.75) is 66.4 Å². The van der Waals surface area contributed by atoms with Gasteiger partial charge in [0.05, 0.1) is 10.7 Å². The summed E-state index contributed by atoms with van der Waals surface area (Å²) in [7, 11) is 0. The Bertz CT molecular complexity index is 696. The van der Waals surface area contributed by atoms with Crippen LogP contribution in [-0.4, -0.2) is 71.7 Å². The molecule has 0 radical (unpaired) electrons. The molecule has 31 heavy (non-hydrogen) atoms. The van der Waals surface area contributed by atoms with Gasteiger partial charge in [0.1, 0.15) is 5.60 Å². The lowest BCUT2D eigenvalue weighted by Crippen LogP contribution is -2.48. The topological polar surface area (TPSA) is 70.1 Å². The Morgan fingerprint density at radius 2 is 2.03 bits per heavy atom. The molecule has 1 N–H and O–H groups in total. The molecule has 1 aromatic heterocycles. The van der Waals surface area contributed by atoms with Crippen LogP contribution in [0.2, 0.25) is 0 Å². The van der Waals surface area contributed by atoms with E-state index in [1.807, 2.05) is 39.5 Å². The van der Waals surface area contributed by atoms with E-state index in [-0.39, 0.29) is 30.1 Å². The highest BCUT2D eigenvalue weighted by molar-refractivity contribution is 14.0. The van der Waals surface area contributed by atoms with E-state index < -0.39 is 5.60 Å². The zero-order chi connectivity index (χ0) is 22.1. The number of hydrogen-bond acceptors (Lipinski definition) is 5. The zero-order valence-electron chi connectivity index (χ0n) is 19.9. The summed E-state index contributed by atoms with van der Waals surface area (Å²) in [6.45, 7) is 16.8. The molecule has 0 unspecified atom stereocenters. The van der Waals surface area contributed by atoms with E-state index in [9.17, 15) is 4.79 Å². The first-order valence-electron chi connectivity index (χ1n) is 11.1. The Balaban J connectivity index is 0.00000480. The quantitative estimate of drug-likeness (QED) is 0.299. The van der Waals surface area contributed by atoms with Crippen molar-refractivity contribution in [1.82, 2.24) is 20.1 Å². The molecular weight excluding hydrogens is 525 g/mol. The summed E-state index contributed by atoms with van der Waals surface area (Å²) >= 11 is 1.69. The van der Waals surface area contributed by atoms with E-state index >= 15 is 0 Å². The van der Waals surface area contributed by atoms with E-state index in [1.54, 1.807) is 11.3 Å². The lowest BCUT2D eigenvalue weighted by molar-refractivity contribution is 0.0214. The number of likely N-dealkylation sites (tertiary alicyclic amines) is 1. The van der Waals surface area contributed by atoms with Gasteiger partial charge in [-0.3, -0.25) is 4.99 Å². The van der Waals surface area contributed by atoms with Crippen molar-refractivity contribution in [2.24, 2.45) is 10.9 Å². The summed E-state index contributed by atoms with van der Waals surface area (Å²) in [5.41, 5.74) is 0.667. The third-order valence-corrected chi connectivity index (χ3v) is 5.88. The second-order valence-electron chi connectivity index (χ2n) is 8.79. The number of thiazole rings is 1. The molecule has 1 aliphatic rings. The molecule has 178 valence electrons. The maximum Gasteiger partial charge on any atom is 0.410 e. The Morgan fingerprint density at radius 1 is 1.35 bits per heavy atom. The molecule has 1 saturated heterocycles. The van der Waals surface area contributed by atoms with Gasteiger partial charge in [-0.05, 0) is 60.3 Å². The van der Waals surface area contributed by atoms with Crippen molar-refractivity contribution in [3.63, 3.8) is 0 Å². The first-order valence-corrected chi connectivity index (χ1v) is 12.0. The number of ether oxygens (including phenoxy) is 1. The largest absolute Gasteiger partial charge is 0.444 e. The Labute approximate surface area is 209 Å². The van der Waals surface area contributed by atoms with Crippen LogP contribution >= 0.6 is 35.3 Å². The summed E-state index contributed by atoms with van der Waals surface area (Å²) in [6, 6.07) is 0. The summed E-state index contributed by atoms with van der Waals surface area (Å²) in [5, 5.41) is 6.65. The fraction of sp³-hybridized carbons (Fsp3) is 0.773. The number of rotatable bonds is 7. The first kappa shape index (κ1) is 27.9. The lowest BCUT2D eigenvalue weighted by Gasteiger charge is -2.36. The number of piperidine rings is 1. The highest BCUT2D eigenvalue weighted by Gasteiger charge is 2.27. The van der Waals surface area contributed by atoms with Gasteiger partial charge in [-0.2, -0.15) is 0 Å². The molecule has 7 nitrogen and oxygen atoms in total. The van der Waals surface area contributed by atoms with Crippen LogP contribution in [0.5, 0.6) is 0 Å². The van der Waals surface area contributed by atoms with Crippen molar-refractivity contribution in [3.8, 4) is 0 Å². The van der Waals surface area contributed by atoms with E-state index in [4.69, 9.17) is 9.73 Å². The van der Waals surface area contributed by atoms with Crippen molar-refractivity contribution in [3.05, 3.63) is 16.1 Å². The van der Waals surface area contributed by atoms with E-state index in [2.05, 4.69) is 27.5 Å². The van der Waals surface area contributed by atoms with Crippen LogP contribution in [0, 0.1) is 12.8 Å². The highest BCUT2D eigenvalue weighted by Crippen LogP contribution is 2.20. The van der Waals surface area contributed by atoms with Gasteiger partial charge < -0.3 is 19.9 Å². The van der Waals surface area contributed by atoms with Crippen LogP contribution in [0.1, 0.15) is 58.2 Å². The Morgan fingerprint density at radius 3 is 2.55 bits per heavy atom. The number of nitrogens with zero attached hydrogens (tertiary/aromatic N) is 4. The number of guanidine groups is 1. The zero-order valence-corrected chi connectivity index (χ0v) is 23.1. The van der Waals surface area contributed by atoms with E-state index in [1.165, 1.54) is 0 Å². The monoisotopic (exact) mass is 565 g/mol. The predicted molar refractivity (Wildman–Crippen MR) is 140 cm³/mol. The smallest absolute Gasteiger partial charge is 0.410 e. The third-order valence-electron chi connectivity index (χ3n) is 5.06. The molecule has 2 rings (SSSR count). The summed E-state index contributed by atoms with van der Waals surface area (Å²) in [6.07, 6.45) is 2.76. The number of nitrogens with one attached hydrogen (secondary N) is 1. The number of carbonyl (C=O) groups is 1. The van der Waals surface area contributed by atoms with Crippen LogP contribution in [0.15, 0.2) is 10.4 Å².